The maximum Gasteiger partial charge on any atom is 0.573 e. The minimum Gasteiger partial charge on any atom is -0.406 e. The van der Waals surface area contributed by atoms with Crippen molar-refractivity contribution in [3.63, 3.8) is 0 Å². The molecule has 1 atom stereocenters. The van der Waals surface area contributed by atoms with Gasteiger partial charge in [0.05, 0.1) is 10.9 Å². The number of carbonyl (C=O) groups is 1. The first-order valence-corrected chi connectivity index (χ1v) is 8.19. The Kier molecular flexibility index (Phi) is 4.49. The lowest BCUT2D eigenvalue weighted by molar-refractivity contribution is -0.274. The highest BCUT2D eigenvalue weighted by Gasteiger charge is 2.32. The molecule has 0 aliphatic carbocycles. The summed E-state index contributed by atoms with van der Waals surface area (Å²) in [5.74, 6) is 0.0126. The number of carbonyl (C=O) groups excluding carboxylic acids is 1. The van der Waals surface area contributed by atoms with Crippen LogP contribution in [0.4, 0.5) is 13.2 Å². The molecule has 1 aromatic rings. The first-order chi connectivity index (χ1) is 9.67. The molecule has 1 saturated heterocycles. The summed E-state index contributed by atoms with van der Waals surface area (Å²) in [4.78, 5) is 11.2. The van der Waals surface area contributed by atoms with E-state index in [0.29, 0.717) is 12.2 Å². The topological polar surface area (TPSA) is 72.5 Å². The number of thioether (sulfide) groups is 1. The number of nitrogens with one attached hydrogen (secondary N) is 1. The van der Waals surface area contributed by atoms with Gasteiger partial charge in [-0.15, -0.1) is 13.2 Å². The van der Waals surface area contributed by atoms with Gasteiger partial charge in [0.25, 0.3) is 0 Å². The average molecular weight is 341 g/mol. The lowest BCUT2D eigenvalue weighted by atomic mass is 10.3. The lowest BCUT2D eigenvalue weighted by Gasteiger charge is -2.12. The zero-order chi connectivity index (χ0) is 15.7. The molecule has 1 N–H and O–H groups in total. The second-order valence-corrected chi connectivity index (χ2v) is 6.96. The minimum atomic E-state index is -4.84. The first kappa shape index (κ1) is 16.1. The van der Waals surface area contributed by atoms with Gasteiger partial charge in [-0.3, -0.25) is 4.79 Å². The zero-order valence-corrected chi connectivity index (χ0v) is 12.0. The molecule has 1 aliphatic heterocycles. The lowest BCUT2D eigenvalue weighted by Crippen LogP contribution is -2.37. The van der Waals surface area contributed by atoms with Crippen molar-refractivity contribution in [2.45, 2.75) is 23.7 Å². The average Bonchev–Trinajstić information content (AvgIpc) is 2.73. The third-order valence-corrected chi connectivity index (χ3v) is 5.10. The summed E-state index contributed by atoms with van der Waals surface area (Å²) in [5.41, 5.74) is 0. The van der Waals surface area contributed by atoms with E-state index in [1.165, 1.54) is 0 Å². The van der Waals surface area contributed by atoms with E-state index in [0.717, 1.165) is 36.0 Å². The Morgan fingerprint density at radius 2 is 1.86 bits per heavy atom. The molecule has 0 spiro atoms. The Labute approximate surface area is 122 Å². The highest BCUT2D eigenvalue weighted by Crippen LogP contribution is 2.25. The normalized spacial score (nSPS) is 19.8. The van der Waals surface area contributed by atoms with Crippen LogP contribution in [0.5, 0.6) is 5.75 Å². The van der Waals surface area contributed by atoms with Gasteiger partial charge < -0.3 is 4.74 Å². The van der Waals surface area contributed by atoms with E-state index in [-0.39, 0.29) is 10.0 Å². The van der Waals surface area contributed by atoms with E-state index in [1.54, 1.807) is 0 Å². The summed E-state index contributed by atoms with van der Waals surface area (Å²) in [6.45, 7) is 0. The Balaban J connectivity index is 2.11. The van der Waals surface area contributed by atoms with Crippen LogP contribution in [0.3, 0.4) is 0 Å². The summed E-state index contributed by atoms with van der Waals surface area (Å²) in [6.07, 6.45) is -4.45. The number of ether oxygens (including phenoxy) is 1. The van der Waals surface area contributed by atoms with Crippen molar-refractivity contribution in [2.75, 3.05) is 5.75 Å². The van der Waals surface area contributed by atoms with Gasteiger partial charge in [-0.05, 0) is 30.7 Å². The number of benzene rings is 1. The predicted octanol–water partition coefficient (Wildman–Crippen LogP) is 1.90. The van der Waals surface area contributed by atoms with Gasteiger partial charge in [0, 0.05) is 5.75 Å². The molecule has 1 aromatic carbocycles. The second kappa shape index (κ2) is 5.85. The van der Waals surface area contributed by atoms with Crippen molar-refractivity contribution < 1.29 is 31.1 Å². The fourth-order valence-corrected chi connectivity index (χ4v) is 3.92. The minimum absolute atomic E-state index is 0.235. The molecule has 5 nitrogen and oxygen atoms in total. The fourth-order valence-electron chi connectivity index (χ4n) is 1.68. The molecule has 1 fully saturated rings. The van der Waals surface area contributed by atoms with Crippen molar-refractivity contribution in [1.82, 2.24) is 4.72 Å². The van der Waals surface area contributed by atoms with Crippen LogP contribution in [0.1, 0.15) is 6.42 Å². The van der Waals surface area contributed by atoms with Crippen molar-refractivity contribution in [3.8, 4) is 5.75 Å². The second-order valence-electron chi connectivity index (χ2n) is 4.15. The van der Waals surface area contributed by atoms with Crippen LogP contribution < -0.4 is 9.46 Å². The van der Waals surface area contributed by atoms with Gasteiger partial charge >= 0.3 is 6.36 Å². The van der Waals surface area contributed by atoms with Gasteiger partial charge in [-0.25, -0.2) is 8.42 Å². The van der Waals surface area contributed by atoms with Crippen LogP contribution in [0.15, 0.2) is 29.2 Å². The molecular weight excluding hydrogens is 331 g/mol. The van der Waals surface area contributed by atoms with Crippen LogP contribution in [-0.4, -0.2) is 31.7 Å². The quantitative estimate of drug-likeness (QED) is 0.905. The van der Waals surface area contributed by atoms with E-state index < -0.39 is 28.2 Å². The Morgan fingerprint density at radius 3 is 2.33 bits per heavy atom. The van der Waals surface area contributed by atoms with Gasteiger partial charge in [0.1, 0.15) is 5.75 Å². The van der Waals surface area contributed by atoms with Crippen LogP contribution in [-0.2, 0) is 14.8 Å². The van der Waals surface area contributed by atoms with Gasteiger partial charge in [0.2, 0.25) is 15.1 Å². The molecule has 116 valence electrons. The number of sulfonamides is 1. The number of rotatable bonds is 4. The molecule has 0 saturated carbocycles. The predicted molar refractivity (Wildman–Crippen MR) is 69.3 cm³/mol. The fraction of sp³-hybridized carbons (Fsp3) is 0.364. The molecule has 0 aromatic heterocycles. The smallest absolute Gasteiger partial charge is 0.406 e. The highest BCUT2D eigenvalue weighted by atomic mass is 32.2. The monoisotopic (exact) mass is 341 g/mol. The molecule has 0 radical (unpaired) electrons. The van der Waals surface area contributed by atoms with Crippen molar-refractivity contribution in [1.29, 1.82) is 0 Å². The number of halogens is 3. The van der Waals surface area contributed by atoms with E-state index in [9.17, 15) is 26.4 Å². The maximum atomic E-state index is 12.0. The van der Waals surface area contributed by atoms with Gasteiger partial charge in [0.15, 0.2) is 0 Å². The molecule has 10 heteroatoms. The summed E-state index contributed by atoms with van der Waals surface area (Å²) < 4.78 is 65.9. The highest BCUT2D eigenvalue weighted by molar-refractivity contribution is 8.14. The summed E-state index contributed by atoms with van der Waals surface area (Å²) in [7, 11) is -3.96. The molecule has 21 heavy (non-hydrogen) atoms. The van der Waals surface area contributed by atoms with E-state index in [4.69, 9.17) is 0 Å². The molecule has 1 aliphatic rings. The van der Waals surface area contributed by atoms with Crippen LogP contribution in [0.2, 0.25) is 0 Å². The SMILES string of the molecule is O=C1SCCC1NS(=O)(=O)c1ccc(OC(F)(F)F)cc1. The largest absolute Gasteiger partial charge is 0.573 e. The summed E-state index contributed by atoms with van der Waals surface area (Å²) in [6, 6.07) is 2.96. The first-order valence-electron chi connectivity index (χ1n) is 5.72. The Bertz CT molecular complexity index is 628. The third kappa shape index (κ3) is 4.35. The molecule has 1 unspecified atom stereocenters. The summed E-state index contributed by atoms with van der Waals surface area (Å²) >= 11 is 1.04. The maximum absolute atomic E-state index is 12.0. The summed E-state index contributed by atoms with van der Waals surface area (Å²) in [5, 5.41) is -0.268. The van der Waals surface area contributed by atoms with Crippen LogP contribution in [0, 0.1) is 0 Å². The van der Waals surface area contributed by atoms with Gasteiger partial charge in [-0.2, -0.15) is 4.72 Å². The molecule has 0 bridgehead atoms. The Hall–Kier alpha value is -1.26. The van der Waals surface area contributed by atoms with Crippen LogP contribution >= 0.6 is 11.8 Å². The standard InChI is InChI=1S/C11H10F3NO4S2/c12-11(13,14)19-7-1-3-8(4-2-7)21(17,18)15-9-5-6-20-10(9)16/h1-4,9,15H,5-6H2. The van der Waals surface area contributed by atoms with Gasteiger partial charge in [-0.1, -0.05) is 11.8 Å². The van der Waals surface area contributed by atoms with E-state index >= 15 is 0 Å². The van der Waals surface area contributed by atoms with Crippen molar-refractivity contribution in [2.24, 2.45) is 0 Å². The molecule has 0 amide bonds. The van der Waals surface area contributed by atoms with Crippen molar-refractivity contribution >= 4 is 26.9 Å². The number of hydrogen-bond acceptors (Lipinski definition) is 5. The van der Waals surface area contributed by atoms with Crippen molar-refractivity contribution in [3.05, 3.63) is 24.3 Å². The molecule has 1 heterocycles. The number of hydrogen-bond donors (Lipinski definition) is 1. The zero-order valence-electron chi connectivity index (χ0n) is 10.4. The van der Waals surface area contributed by atoms with E-state index in [2.05, 4.69) is 9.46 Å². The Morgan fingerprint density at radius 1 is 1.24 bits per heavy atom. The van der Waals surface area contributed by atoms with Crippen LogP contribution in [0.25, 0.3) is 0 Å². The molecule has 2 rings (SSSR count). The van der Waals surface area contributed by atoms with E-state index in [1.807, 2.05) is 0 Å². The number of alkyl halides is 3. The molecular formula is C11H10F3NO4S2. The third-order valence-electron chi connectivity index (χ3n) is 2.60.